The van der Waals surface area contributed by atoms with Crippen LogP contribution in [-0.2, 0) is 4.79 Å². The maximum Gasteiger partial charge on any atom is 0.328 e. The van der Waals surface area contributed by atoms with Gasteiger partial charge in [0.15, 0.2) is 5.82 Å². The zero-order valence-corrected chi connectivity index (χ0v) is 9.21. The molecule has 0 spiro atoms. The maximum atomic E-state index is 10.4. The highest BCUT2D eigenvalue weighted by Gasteiger charge is 2.03. The van der Waals surface area contributed by atoms with Gasteiger partial charge in [0.05, 0.1) is 11.4 Å². The second-order valence-electron chi connectivity index (χ2n) is 3.51. The number of rotatable bonds is 3. The molecule has 0 atom stereocenters. The molecule has 0 saturated carbocycles. The Hall–Kier alpha value is -2.43. The summed E-state index contributed by atoms with van der Waals surface area (Å²) >= 11 is 0. The number of H-pyrrole nitrogens is 1. The number of aryl methyl sites for hydroxylation is 1. The molecule has 86 valence electrons. The highest BCUT2D eigenvalue weighted by Crippen LogP contribution is 2.15. The van der Waals surface area contributed by atoms with Crippen LogP contribution in [0.5, 0.6) is 0 Å². The van der Waals surface area contributed by atoms with E-state index in [2.05, 4.69) is 15.0 Å². The van der Waals surface area contributed by atoms with E-state index in [1.165, 1.54) is 6.08 Å². The van der Waals surface area contributed by atoms with Gasteiger partial charge in [-0.25, -0.2) is 14.8 Å². The maximum absolute atomic E-state index is 10.4. The van der Waals surface area contributed by atoms with Gasteiger partial charge < -0.3 is 10.1 Å². The average Bonchev–Trinajstić information content (AvgIpc) is 2.79. The van der Waals surface area contributed by atoms with Crippen LogP contribution < -0.4 is 0 Å². The molecule has 0 saturated heterocycles. The Labute approximate surface area is 97.9 Å². The van der Waals surface area contributed by atoms with Gasteiger partial charge in [0.1, 0.15) is 0 Å². The summed E-state index contributed by atoms with van der Waals surface area (Å²) in [5.41, 5.74) is 2.41. The molecule has 17 heavy (non-hydrogen) atoms. The van der Waals surface area contributed by atoms with Crippen molar-refractivity contribution in [1.29, 1.82) is 0 Å². The summed E-state index contributed by atoms with van der Waals surface area (Å²) in [6.07, 6.45) is 4.20. The van der Waals surface area contributed by atoms with Crippen molar-refractivity contribution < 1.29 is 9.90 Å². The molecular weight excluding hydrogens is 218 g/mol. The zero-order valence-electron chi connectivity index (χ0n) is 9.21. The smallest absolute Gasteiger partial charge is 0.328 e. The van der Waals surface area contributed by atoms with Gasteiger partial charge in [0.25, 0.3) is 0 Å². The molecule has 2 N–H and O–H groups in total. The van der Waals surface area contributed by atoms with Crippen molar-refractivity contribution in [1.82, 2.24) is 15.0 Å². The molecule has 0 fully saturated rings. The summed E-state index contributed by atoms with van der Waals surface area (Å²) in [5.74, 6) is -0.631. The summed E-state index contributed by atoms with van der Waals surface area (Å²) in [5, 5.41) is 8.55. The Balaban J connectivity index is 2.39. The minimum absolute atomic E-state index is 0.386. The molecule has 0 amide bonds. The van der Waals surface area contributed by atoms with Gasteiger partial charge in [-0.3, -0.25) is 0 Å². The van der Waals surface area contributed by atoms with Gasteiger partial charge in [0, 0.05) is 18.0 Å². The van der Waals surface area contributed by atoms with Crippen LogP contribution in [-0.4, -0.2) is 26.0 Å². The van der Waals surface area contributed by atoms with Crippen LogP contribution in [0.25, 0.3) is 17.5 Å². The van der Waals surface area contributed by atoms with Gasteiger partial charge in [-0.1, -0.05) is 0 Å². The molecule has 0 bridgehead atoms. The number of aliphatic carboxylic acids is 1. The molecule has 2 aromatic heterocycles. The number of carbonyl (C=O) groups is 1. The first-order chi connectivity index (χ1) is 8.15. The Bertz CT molecular complexity index is 559. The van der Waals surface area contributed by atoms with Crippen LogP contribution in [0.1, 0.15) is 11.5 Å². The summed E-state index contributed by atoms with van der Waals surface area (Å²) in [6.45, 7) is 1.84. The third kappa shape index (κ3) is 2.78. The Morgan fingerprint density at radius 3 is 2.94 bits per heavy atom. The van der Waals surface area contributed by atoms with Crippen LogP contribution in [0.2, 0.25) is 0 Å². The number of hydrogen-bond acceptors (Lipinski definition) is 3. The van der Waals surface area contributed by atoms with Crippen molar-refractivity contribution in [3.63, 3.8) is 0 Å². The number of nitrogens with zero attached hydrogens (tertiary/aromatic N) is 2. The van der Waals surface area contributed by atoms with E-state index >= 15 is 0 Å². The fourth-order valence-corrected chi connectivity index (χ4v) is 1.44. The lowest BCUT2D eigenvalue weighted by atomic mass is 10.2. The van der Waals surface area contributed by atoms with E-state index in [9.17, 15) is 4.79 Å². The van der Waals surface area contributed by atoms with Crippen molar-refractivity contribution in [3.8, 4) is 11.4 Å². The molecule has 5 heteroatoms. The second kappa shape index (κ2) is 4.61. The monoisotopic (exact) mass is 229 g/mol. The molecule has 2 rings (SSSR count). The Morgan fingerprint density at radius 1 is 1.47 bits per heavy atom. The van der Waals surface area contributed by atoms with E-state index in [1.807, 2.05) is 25.1 Å². The fourth-order valence-electron chi connectivity index (χ4n) is 1.44. The highest BCUT2D eigenvalue weighted by molar-refractivity contribution is 5.84. The fraction of sp³-hybridized carbons (Fsp3) is 0.0833. The first kappa shape index (κ1) is 11.1. The Morgan fingerprint density at radius 2 is 2.29 bits per heavy atom. The first-order valence-corrected chi connectivity index (χ1v) is 5.05. The van der Waals surface area contributed by atoms with E-state index < -0.39 is 5.97 Å². The SMILES string of the molecule is Cc1cc(-c2ccc[nH]2)nc(/C=C/C(=O)O)n1. The molecule has 0 radical (unpaired) electrons. The van der Waals surface area contributed by atoms with E-state index in [-0.39, 0.29) is 0 Å². The lowest BCUT2D eigenvalue weighted by Gasteiger charge is -2.01. The number of aromatic amines is 1. The predicted molar refractivity (Wildman–Crippen MR) is 63.2 cm³/mol. The number of carboxylic acids is 1. The molecule has 0 aliphatic rings. The summed E-state index contributed by atoms with van der Waals surface area (Å²) in [4.78, 5) is 21.9. The van der Waals surface area contributed by atoms with Crippen molar-refractivity contribution >= 4 is 12.0 Å². The van der Waals surface area contributed by atoms with Crippen molar-refractivity contribution in [2.75, 3.05) is 0 Å². The molecular formula is C12H11N3O2. The average molecular weight is 229 g/mol. The first-order valence-electron chi connectivity index (χ1n) is 5.05. The van der Waals surface area contributed by atoms with Gasteiger partial charge in [-0.2, -0.15) is 0 Å². The third-order valence-electron chi connectivity index (χ3n) is 2.12. The van der Waals surface area contributed by atoms with Crippen molar-refractivity contribution in [2.24, 2.45) is 0 Å². The van der Waals surface area contributed by atoms with Crippen LogP contribution in [0.3, 0.4) is 0 Å². The van der Waals surface area contributed by atoms with Crippen molar-refractivity contribution in [2.45, 2.75) is 6.92 Å². The standard InChI is InChI=1S/C12H11N3O2/c1-8-7-10(9-3-2-6-13-9)15-11(14-8)4-5-12(16)17/h2-7,13H,1H3,(H,16,17)/b5-4+. The minimum atomic E-state index is -1.02. The van der Waals surface area contributed by atoms with Crippen LogP contribution in [0.4, 0.5) is 0 Å². The van der Waals surface area contributed by atoms with E-state index in [0.717, 1.165) is 23.2 Å². The van der Waals surface area contributed by atoms with Crippen LogP contribution >= 0.6 is 0 Å². The van der Waals surface area contributed by atoms with Crippen LogP contribution in [0.15, 0.2) is 30.5 Å². The van der Waals surface area contributed by atoms with E-state index in [0.29, 0.717) is 5.82 Å². The van der Waals surface area contributed by atoms with E-state index in [4.69, 9.17) is 5.11 Å². The Kier molecular flexibility index (Phi) is 3.00. The molecule has 2 aromatic rings. The van der Waals surface area contributed by atoms with Gasteiger partial charge in [-0.15, -0.1) is 0 Å². The lowest BCUT2D eigenvalue weighted by Crippen LogP contribution is -1.95. The predicted octanol–water partition coefficient (Wildman–Crippen LogP) is 1.88. The number of carboxylic acid groups (broad SMARTS) is 1. The van der Waals surface area contributed by atoms with E-state index in [1.54, 1.807) is 6.20 Å². The van der Waals surface area contributed by atoms with Crippen LogP contribution in [0, 0.1) is 6.92 Å². The highest BCUT2D eigenvalue weighted by atomic mass is 16.4. The number of nitrogens with one attached hydrogen (secondary N) is 1. The molecule has 0 aliphatic heterocycles. The number of hydrogen-bond donors (Lipinski definition) is 2. The van der Waals surface area contributed by atoms with Gasteiger partial charge in [0.2, 0.25) is 0 Å². The second-order valence-corrected chi connectivity index (χ2v) is 3.51. The topological polar surface area (TPSA) is 78.9 Å². The largest absolute Gasteiger partial charge is 0.478 e. The minimum Gasteiger partial charge on any atom is -0.478 e. The summed E-state index contributed by atoms with van der Waals surface area (Å²) in [6, 6.07) is 5.61. The molecule has 2 heterocycles. The van der Waals surface area contributed by atoms with Crippen molar-refractivity contribution in [3.05, 3.63) is 42.0 Å². The van der Waals surface area contributed by atoms with Gasteiger partial charge >= 0.3 is 5.97 Å². The molecule has 5 nitrogen and oxygen atoms in total. The molecule has 0 unspecified atom stereocenters. The number of aromatic nitrogens is 3. The van der Waals surface area contributed by atoms with Gasteiger partial charge in [-0.05, 0) is 31.2 Å². The summed E-state index contributed by atoms with van der Waals surface area (Å²) in [7, 11) is 0. The summed E-state index contributed by atoms with van der Waals surface area (Å²) < 4.78 is 0. The quantitative estimate of drug-likeness (QED) is 0.787. The lowest BCUT2D eigenvalue weighted by molar-refractivity contribution is -0.131. The zero-order chi connectivity index (χ0) is 12.3. The molecule has 0 aromatic carbocycles. The molecule has 0 aliphatic carbocycles. The third-order valence-corrected chi connectivity index (χ3v) is 2.12. The normalized spacial score (nSPS) is 10.9.